The number of methoxy groups -OCH3 is 2. The Morgan fingerprint density at radius 1 is 1.02 bits per heavy atom. The molecule has 11 nitrogen and oxygen atoms in total. The van der Waals surface area contributed by atoms with E-state index in [1.54, 1.807) is 56.0 Å². The fourth-order valence-electron chi connectivity index (χ4n) is 5.36. The number of nitrogens with zero attached hydrogens (tertiary/aromatic N) is 4. The summed E-state index contributed by atoms with van der Waals surface area (Å²) >= 11 is 13.9. The van der Waals surface area contributed by atoms with Crippen LogP contribution in [0.3, 0.4) is 0 Å². The van der Waals surface area contributed by atoms with Crippen molar-refractivity contribution in [1.29, 1.82) is 0 Å². The molecule has 48 heavy (non-hydrogen) atoms. The molecule has 0 bridgehead atoms. The van der Waals surface area contributed by atoms with E-state index in [0.717, 1.165) is 0 Å². The van der Waals surface area contributed by atoms with Gasteiger partial charge in [0.25, 0.3) is 0 Å². The van der Waals surface area contributed by atoms with Crippen molar-refractivity contribution in [2.24, 2.45) is 0 Å². The first-order valence-electron chi connectivity index (χ1n) is 15.2. The standard InChI is InChI=1S/C35H35Cl2N5O6/c1-35(2,3)48-34(45)42(17-23-12-14-28(44)40-23)16-21-11-13-26(41-33(21)47-5)24-7-6-8-25(29(24)36)32-30(37)31(38-19-39-32)20-9-10-22(18-43)27(15-20)46-4/h6-11,13,15,18-19,23H,12,14,16-17H2,1-5H3,(H,40,44)/t23-/m0/s1. The summed E-state index contributed by atoms with van der Waals surface area (Å²) in [4.78, 5) is 51.5. The average molecular weight is 693 g/mol. The summed E-state index contributed by atoms with van der Waals surface area (Å²) in [5.41, 5.74) is 3.49. The molecule has 5 rings (SSSR count). The largest absolute Gasteiger partial charge is 0.496 e. The zero-order valence-electron chi connectivity index (χ0n) is 27.2. The molecule has 2 aromatic heterocycles. The number of benzene rings is 2. The third-order valence-corrected chi connectivity index (χ3v) is 8.39. The van der Waals surface area contributed by atoms with E-state index >= 15 is 0 Å². The molecule has 0 spiro atoms. The smallest absolute Gasteiger partial charge is 0.410 e. The Kier molecular flexibility index (Phi) is 10.5. The molecule has 1 aliphatic rings. The van der Waals surface area contributed by atoms with Gasteiger partial charge in [-0.15, -0.1) is 0 Å². The van der Waals surface area contributed by atoms with Crippen LogP contribution < -0.4 is 14.8 Å². The number of halogens is 2. The molecule has 2 amide bonds. The van der Waals surface area contributed by atoms with Crippen LogP contribution in [0.15, 0.2) is 54.9 Å². The highest BCUT2D eigenvalue weighted by atomic mass is 35.5. The Labute approximate surface area is 288 Å². The van der Waals surface area contributed by atoms with E-state index in [1.165, 1.54) is 20.5 Å². The van der Waals surface area contributed by atoms with Crippen molar-refractivity contribution in [3.63, 3.8) is 0 Å². The van der Waals surface area contributed by atoms with Gasteiger partial charge in [-0.2, -0.15) is 0 Å². The lowest BCUT2D eigenvalue weighted by Gasteiger charge is -2.29. The Hall–Kier alpha value is -4.74. The van der Waals surface area contributed by atoms with E-state index in [2.05, 4.69) is 15.3 Å². The monoisotopic (exact) mass is 691 g/mol. The molecule has 0 unspecified atom stereocenters. The highest BCUT2D eigenvalue weighted by molar-refractivity contribution is 6.38. The van der Waals surface area contributed by atoms with E-state index in [1.807, 2.05) is 18.2 Å². The SMILES string of the molecule is COc1cc(-c2ncnc(-c3cccc(-c4ccc(CN(C[C@@H]5CCC(=O)N5)C(=O)OC(C)(C)C)c(OC)n4)c3Cl)c2Cl)ccc1C=O. The molecule has 250 valence electrons. The van der Waals surface area contributed by atoms with Gasteiger partial charge < -0.3 is 24.4 Å². The van der Waals surface area contributed by atoms with Crippen molar-refractivity contribution in [3.05, 3.63) is 76.0 Å². The van der Waals surface area contributed by atoms with Crippen molar-refractivity contribution in [2.45, 2.75) is 51.8 Å². The van der Waals surface area contributed by atoms with Crippen LogP contribution in [0.2, 0.25) is 10.0 Å². The quantitative estimate of drug-likeness (QED) is 0.174. The van der Waals surface area contributed by atoms with Crippen LogP contribution in [-0.2, 0) is 16.1 Å². The van der Waals surface area contributed by atoms with Crippen molar-refractivity contribution in [1.82, 2.24) is 25.2 Å². The molecule has 0 aliphatic carbocycles. The van der Waals surface area contributed by atoms with Crippen molar-refractivity contribution in [2.75, 3.05) is 20.8 Å². The van der Waals surface area contributed by atoms with E-state index < -0.39 is 11.7 Å². The van der Waals surface area contributed by atoms with Gasteiger partial charge in [0.05, 0.1) is 53.5 Å². The molecule has 1 aliphatic heterocycles. The fourth-order valence-corrected chi connectivity index (χ4v) is 5.98. The van der Waals surface area contributed by atoms with E-state index in [4.69, 9.17) is 42.4 Å². The van der Waals surface area contributed by atoms with Crippen molar-refractivity contribution in [3.8, 4) is 45.4 Å². The Morgan fingerprint density at radius 2 is 1.77 bits per heavy atom. The molecular formula is C35H35Cl2N5O6. The number of rotatable bonds is 10. The maximum Gasteiger partial charge on any atom is 0.410 e. The zero-order valence-corrected chi connectivity index (χ0v) is 28.7. The highest BCUT2D eigenvalue weighted by Gasteiger charge is 2.29. The van der Waals surface area contributed by atoms with Gasteiger partial charge in [-0.05, 0) is 51.5 Å². The van der Waals surface area contributed by atoms with Gasteiger partial charge >= 0.3 is 6.09 Å². The molecule has 4 aromatic rings. The number of pyridine rings is 1. The van der Waals surface area contributed by atoms with Gasteiger partial charge in [0.1, 0.15) is 17.7 Å². The number of carbonyl (C=O) groups excluding carboxylic acids is 3. The van der Waals surface area contributed by atoms with Gasteiger partial charge in [-0.25, -0.2) is 19.7 Å². The summed E-state index contributed by atoms with van der Waals surface area (Å²) in [5.74, 6) is 0.648. The minimum absolute atomic E-state index is 0.0418. The zero-order chi connectivity index (χ0) is 34.6. The van der Waals surface area contributed by atoms with Crippen molar-refractivity contribution < 1.29 is 28.6 Å². The maximum atomic E-state index is 13.2. The lowest BCUT2D eigenvalue weighted by molar-refractivity contribution is -0.119. The first-order chi connectivity index (χ1) is 22.9. The van der Waals surface area contributed by atoms with Crippen LogP contribution in [0.1, 0.15) is 49.5 Å². The van der Waals surface area contributed by atoms with E-state index in [0.29, 0.717) is 80.7 Å². The second-order valence-corrected chi connectivity index (χ2v) is 12.9. The molecular weight excluding hydrogens is 657 g/mol. The van der Waals surface area contributed by atoms with Crippen LogP contribution in [-0.4, -0.2) is 70.5 Å². The molecule has 1 atom stereocenters. The number of hydrogen-bond donors (Lipinski definition) is 1. The van der Waals surface area contributed by atoms with Gasteiger partial charge in [0.2, 0.25) is 11.8 Å². The molecule has 1 saturated heterocycles. The summed E-state index contributed by atoms with van der Waals surface area (Å²) in [5, 5.41) is 3.53. The Morgan fingerprint density at radius 3 is 2.44 bits per heavy atom. The lowest BCUT2D eigenvalue weighted by Crippen LogP contribution is -2.43. The second-order valence-electron chi connectivity index (χ2n) is 12.2. The van der Waals surface area contributed by atoms with Crippen LogP contribution in [0, 0.1) is 0 Å². The van der Waals surface area contributed by atoms with Crippen LogP contribution in [0.25, 0.3) is 33.8 Å². The van der Waals surface area contributed by atoms with Crippen LogP contribution in [0.5, 0.6) is 11.6 Å². The van der Waals surface area contributed by atoms with Gasteiger partial charge in [-0.3, -0.25) is 9.59 Å². The van der Waals surface area contributed by atoms with Gasteiger partial charge in [-0.1, -0.05) is 47.5 Å². The third-order valence-electron chi connectivity index (χ3n) is 7.62. The number of aromatic nitrogens is 3. The second kappa shape index (κ2) is 14.6. The summed E-state index contributed by atoms with van der Waals surface area (Å²) in [6.45, 7) is 5.81. The summed E-state index contributed by atoms with van der Waals surface area (Å²) in [6.07, 6.45) is 2.63. The lowest BCUT2D eigenvalue weighted by atomic mass is 10.0. The number of carbonyl (C=O) groups is 3. The molecule has 0 radical (unpaired) electrons. The number of nitrogens with one attached hydrogen (secondary N) is 1. The Balaban J connectivity index is 1.47. The number of aldehydes is 1. The number of hydrogen-bond acceptors (Lipinski definition) is 9. The fraction of sp³-hybridized carbons (Fsp3) is 0.314. The Bertz CT molecular complexity index is 1860. The van der Waals surface area contributed by atoms with Crippen molar-refractivity contribution >= 4 is 41.5 Å². The summed E-state index contributed by atoms with van der Waals surface area (Å²) in [6, 6.07) is 13.9. The summed E-state index contributed by atoms with van der Waals surface area (Å²) in [7, 11) is 2.98. The molecule has 0 saturated carbocycles. The minimum atomic E-state index is -0.705. The van der Waals surface area contributed by atoms with E-state index in [9.17, 15) is 14.4 Å². The van der Waals surface area contributed by atoms with Crippen LogP contribution in [0.4, 0.5) is 4.79 Å². The predicted molar refractivity (Wildman–Crippen MR) is 182 cm³/mol. The average Bonchev–Trinajstić information content (AvgIpc) is 3.48. The molecule has 3 heterocycles. The molecule has 1 N–H and O–H groups in total. The number of amides is 2. The minimum Gasteiger partial charge on any atom is -0.496 e. The predicted octanol–water partition coefficient (Wildman–Crippen LogP) is 7.02. The van der Waals surface area contributed by atoms with Crippen LogP contribution >= 0.6 is 23.2 Å². The van der Waals surface area contributed by atoms with Gasteiger partial charge in [0, 0.05) is 41.3 Å². The maximum absolute atomic E-state index is 13.2. The molecule has 2 aromatic carbocycles. The topological polar surface area (TPSA) is 133 Å². The highest BCUT2D eigenvalue weighted by Crippen LogP contribution is 2.41. The first-order valence-corrected chi connectivity index (χ1v) is 15.9. The molecule has 1 fully saturated rings. The summed E-state index contributed by atoms with van der Waals surface area (Å²) < 4.78 is 16.7. The normalized spacial score (nSPS) is 14.3. The molecule has 13 heteroatoms. The first kappa shape index (κ1) is 34.6. The van der Waals surface area contributed by atoms with E-state index in [-0.39, 0.29) is 30.1 Å². The number of ether oxygens (including phenoxy) is 3. The third kappa shape index (κ3) is 7.69. The van der Waals surface area contributed by atoms with Gasteiger partial charge in [0.15, 0.2) is 6.29 Å².